The van der Waals surface area contributed by atoms with E-state index in [-0.39, 0.29) is 5.75 Å². The highest BCUT2D eigenvalue weighted by Crippen LogP contribution is 2.33. The van der Waals surface area contributed by atoms with Crippen LogP contribution in [-0.2, 0) is 19.3 Å². The minimum Gasteiger partial charge on any atom is -0.505 e. The standard InChI is InChI=1S/C25H24F3N5O/c26-25(27,28)20-8-6-17(7-9-20)22-14-30-33(31-22)16-18-13-19(15-32-11-2-1-3-12-32)24(34)23-21(18)5-4-10-29-23/h4-10,13-14,34H,1-3,11-12,15-16H2. The average molecular weight is 467 g/mol. The number of aromatic hydroxyl groups is 1. The number of alkyl halides is 3. The first-order valence-corrected chi connectivity index (χ1v) is 11.3. The molecule has 9 heteroatoms. The predicted octanol–water partition coefficient (Wildman–Crippen LogP) is 5.25. The van der Waals surface area contributed by atoms with Crippen molar-refractivity contribution >= 4 is 10.9 Å². The number of likely N-dealkylation sites (tertiary alicyclic amines) is 1. The topological polar surface area (TPSA) is 67.1 Å². The maximum absolute atomic E-state index is 12.8. The first-order valence-electron chi connectivity index (χ1n) is 11.3. The zero-order valence-electron chi connectivity index (χ0n) is 18.5. The van der Waals surface area contributed by atoms with Gasteiger partial charge in [-0.3, -0.25) is 9.88 Å². The van der Waals surface area contributed by atoms with Crippen molar-refractivity contribution in [3.8, 4) is 17.0 Å². The number of phenols is 1. The van der Waals surface area contributed by atoms with E-state index in [2.05, 4.69) is 20.1 Å². The molecule has 0 radical (unpaired) electrons. The summed E-state index contributed by atoms with van der Waals surface area (Å²) in [5.41, 5.74) is 2.63. The Kier molecular flexibility index (Phi) is 5.95. The van der Waals surface area contributed by atoms with Crippen LogP contribution in [0, 0.1) is 0 Å². The van der Waals surface area contributed by atoms with Crippen molar-refractivity contribution in [2.75, 3.05) is 13.1 Å². The number of nitrogens with zero attached hydrogens (tertiary/aromatic N) is 5. The van der Waals surface area contributed by atoms with Crippen molar-refractivity contribution in [2.24, 2.45) is 0 Å². The van der Waals surface area contributed by atoms with Crippen LogP contribution < -0.4 is 0 Å². The molecule has 0 saturated carbocycles. The lowest BCUT2D eigenvalue weighted by atomic mass is 10.0. The van der Waals surface area contributed by atoms with Crippen LogP contribution in [0.4, 0.5) is 13.2 Å². The van der Waals surface area contributed by atoms with E-state index in [9.17, 15) is 18.3 Å². The lowest BCUT2D eigenvalue weighted by Gasteiger charge is -2.27. The molecule has 1 aliphatic rings. The largest absolute Gasteiger partial charge is 0.505 e. The Labute approximate surface area is 194 Å². The third kappa shape index (κ3) is 4.61. The lowest BCUT2D eigenvalue weighted by molar-refractivity contribution is -0.137. The Morgan fingerprint density at radius 1 is 0.941 bits per heavy atom. The van der Waals surface area contributed by atoms with Gasteiger partial charge in [0.15, 0.2) is 0 Å². The summed E-state index contributed by atoms with van der Waals surface area (Å²) < 4.78 is 38.5. The molecule has 1 aliphatic heterocycles. The molecular weight excluding hydrogens is 443 g/mol. The van der Waals surface area contributed by atoms with E-state index in [1.165, 1.54) is 29.5 Å². The highest BCUT2D eigenvalue weighted by atomic mass is 19.4. The molecule has 0 atom stereocenters. The molecule has 176 valence electrons. The number of hydrogen-bond donors (Lipinski definition) is 1. The maximum atomic E-state index is 12.8. The quantitative estimate of drug-likeness (QED) is 0.434. The van der Waals surface area contributed by atoms with Crippen LogP contribution in [-0.4, -0.2) is 43.1 Å². The van der Waals surface area contributed by atoms with Crippen molar-refractivity contribution in [3.05, 3.63) is 71.5 Å². The Balaban J connectivity index is 1.43. The Morgan fingerprint density at radius 2 is 1.71 bits per heavy atom. The third-order valence-electron chi connectivity index (χ3n) is 6.23. The fourth-order valence-electron chi connectivity index (χ4n) is 4.46. The summed E-state index contributed by atoms with van der Waals surface area (Å²) in [5.74, 6) is 0.198. The predicted molar refractivity (Wildman–Crippen MR) is 122 cm³/mol. The van der Waals surface area contributed by atoms with Gasteiger partial charge in [-0.05, 0) is 55.8 Å². The molecule has 1 fully saturated rings. The number of piperidine rings is 1. The van der Waals surface area contributed by atoms with Gasteiger partial charge in [0.2, 0.25) is 0 Å². The van der Waals surface area contributed by atoms with Crippen LogP contribution in [0.2, 0.25) is 0 Å². The summed E-state index contributed by atoms with van der Waals surface area (Å²) in [6.45, 7) is 3.00. The van der Waals surface area contributed by atoms with Gasteiger partial charge in [0.05, 0.1) is 18.3 Å². The summed E-state index contributed by atoms with van der Waals surface area (Å²) in [7, 11) is 0. The zero-order valence-corrected chi connectivity index (χ0v) is 18.5. The zero-order chi connectivity index (χ0) is 23.7. The first-order chi connectivity index (χ1) is 16.4. The molecule has 3 heterocycles. The molecule has 6 nitrogen and oxygen atoms in total. The van der Waals surface area contributed by atoms with Crippen molar-refractivity contribution in [1.29, 1.82) is 0 Å². The highest BCUT2D eigenvalue weighted by molar-refractivity contribution is 5.88. The minimum atomic E-state index is -4.38. The number of phenolic OH excluding ortho intramolecular Hbond substituents is 1. The summed E-state index contributed by atoms with van der Waals surface area (Å²) in [6.07, 6.45) is 2.37. The van der Waals surface area contributed by atoms with Gasteiger partial charge < -0.3 is 5.11 Å². The minimum absolute atomic E-state index is 0.198. The number of benzene rings is 2. The summed E-state index contributed by atoms with van der Waals surface area (Å²) >= 11 is 0. The third-order valence-corrected chi connectivity index (χ3v) is 6.23. The molecule has 2 aromatic heterocycles. The van der Waals surface area contributed by atoms with Gasteiger partial charge in [0.25, 0.3) is 0 Å². The van der Waals surface area contributed by atoms with Crippen molar-refractivity contribution in [3.63, 3.8) is 0 Å². The fraction of sp³-hybridized carbons (Fsp3) is 0.320. The van der Waals surface area contributed by atoms with Crippen LogP contribution in [0.1, 0.15) is 36.0 Å². The van der Waals surface area contributed by atoms with Gasteiger partial charge in [-0.1, -0.05) is 24.6 Å². The van der Waals surface area contributed by atoms with E-state index in [1.54, 1.807) is 6.20 Å². The van der Waals surface area contributed by atoms with Crippen LogP contribution >= 0.6 is 0 Å². The van der Waals surface area contributed by atoms with Gasteiger partial charge in [0.1, 0.15) is 17.0 Å². The second-order valence-corrected chi connectivity index (χ2v) is 8.62. The molecule has 5 rings (SSSR count). The van der Waals surface area contributed by atoms with Crippen LogP contribution in [0.25, 0.3) is 22.2 Å². The van der Waals surface area contributed by atoms with Gasteiger partial charge in [-0.15, -0.1) is 0 Å². The van der Waals surface area contributed by atoms with Gasteiger partial charge in [-0.25, -0.2) is 0 Å². The summed E-state index contributed by atoms with van der Waals surface area (Å²) in [4.78, 5) is 8.26. The van der Waals surface area contributed by atoms with Crippen LogP contribution in [0.3, 0.4) is 0 Å². The molecular formula is C25H24F3N5O. The first kappa shape index (κ1) is 22.3. The Morgan fingerprint density at radius 3 is 2.44 bits per heavy atom. The lowest BCUT2D eigenvalue weighted by Crippen LogP contribution is -2.29. The molecule has 2 aromatic carbocycles. The molecule has 1 saturated heterocycles. The number of rotatable bonds is 5. The molecule has 0 unspecified atom stereocenters. The van der Waals surface area contributed by atoms with Crippen LogP contribution in [0.5, 0.6) is 5.75 Å². The number of halogens is 3. The van der Waals surface area contributed by atoms with E-state index in [0.29, 0.717) is 29.9 Å². The van der Waals surface area contributed by atoms with E-state index in [4.69, 9.17) is 0 Å². The fourth-order valence-corrected chi connectivity index (χ4v) is 4.46. The number of aromatic nitrogens is 4. The average Bonchev–Trinajstić information content (AvgIpc) is 3.31. The highest BCUT2D eigenvalue weighted by Gasteiger charge is 2.30. The van der Waals surface area contributed by atoms with Crippen molar-refractivity contribution in [2.45, 2.75) is 38.5 Å². The maximum Gasteiger partial charge on any atom is 0.416 e. The normalized spacial score (nSPS) is 15.1. The van der Waals surface area contributed by atoms with Crippen LogP contribution in [0.15, 0.2) is 54.9 Å². The van der Waals surface area contributed by atoms with Crippen molar-refractivity contribution < 1.29 is 18.3 Å². The molecule has 0 amide bonds. The van der Waals surface area contributed by atoms with Gasteiger partial charge in [-0.2, -0.15) is 28.2 Å². The smallest absolute Gasteiger partial charge is 0.416 e. The second kappa shape index (κ2) is 9.06. The van der Waals surface area contributed by atoms with E-state index in [1.807, 2.05) is 18.2 Å². The molecule has 0 bridgehead atoms. The monoisotopic (exact) mass is 467 g/mol. The molecule has 34 heavy (non-hydrogen) atoms. The number of fused-ring (bicyclic) bond motifs is 1. The van der Waals surface area contributed by atoms with Gasteiger partial charge >= 0.3 is 6.18 Å². The Hall–Kier alpha value is -3.46. The molecule has 0 aliphatic carbocycles. The molecule has 1 N–H and O–H groups in total. The van der Waals surface area contributed by atoms with E-state index >= 15 is 0 Å². The number of pyridine rings is 1. The SMILES string of the molecule is Oc1c(CN2CCCCC2)cc(Cn2ncc(-c3ccc(C(F)(F)F)cc3)n2)c2cccnc12. The van der Waals surface area contributed by atoms with E-state index in [0.717, 1.165) is 54.6 Å². The summed E-state index contributed by atoms with van der Waals surface area (Å²) in [5, 5.41) is 20.5. The van der Waals surface area contributed by atoms with E-state index < -0.39 is 11.7 Å². The second-order valence-electron chi connectivity index (χ2n) is 8.62. The van der Waals surface area contributed by atoms with Gasteiger partial charge in [0, 0.05) is 29.3 Å². The number of hydrogen-bond acceptors (Lipinski definition) is 5. The summed E-state index contributed by atoms with van der Waals surface area (Å²) in [6, 6.07) is 10.6. The Bertz CT molecular complexity index is 1290. The molecule has 4 aromatic rings. The molecule has 0 spiro atoms. The van der Waals surface area contributed by atoms with Crippen molar-refractivity contribution in [1.82, 2.24) is 24.9 Å².